The number of benzene rings is 1. The van der Waals surface area contributed by atoms with Gasteiger partial charge in [0, 0.05) is 20.0 Å². The van der Waals surface area contributed by atoms with E-state index in [0.29, 0.717) is 6.54 Å². The van der Waals surface area contributed by atoms with Crippen LogP contribution < -0.4 is 5.32 Å². The zero-order valence-corrected chi connectivity index (χ0v) is 16.7. The molecule has 8 heteroatoms. The van der Waals surface area contributed by atoms with Gasteiger partial charge in [-0.3, -0.25) is 4.79 Å². The molecule has 4 rings (SSSR count). The molecular weight excluding hydrogens is 360 g/mol. The van der Waals surface area contributed by atoms with Crippen molar-refractivity contribution in [2.75, 3.05) is 12.4 Å². The highest BCUT2D eigenvalue weighted by molar-refractivity contribution is 7.22. The molecule has 1 N–H and O–H groups in total. The molecule has 1 unspecified atom stereocenters. The minimum atomic E-state index is -0.337. The third kappa shape index (κ3) is 3.53. The molecule has 1 atom stereocenters. The molecule has 0 spiro atoms. The first-order valence-electron chi connectivity index (χ1n) is 9.31. The molecule has 0 saturated carbocycles. The van der Waals surface area contributed by atoms with Crippen LogP contribution in [0.4, 0.5) is 5.13 Å². The molecule has 3 aromatic rings. The van der Waals surface area contributed by atoms with E-state index in [4.69, 9.17) is 0 Å². The molecule has 1 amide bonds. The van der Waals surface area contributed by atoms with Crippen LogP contribution in [-0.2, 0) is 24.3 Å². The third-order valence-corrected chi connectivity index (χ3v) is 5.91. The number of anilines is 1. The number of likely N-dealkylation sites (N-methyl/N-ethyl adjacent to an activating group) is 1. The first kappa shape index (κ1) is 17.9. The van der Waals surface area contributed by atoms with Crippen LogP contribution in [-0.4, -0.2) is 43.6 Å². The predicted octanol–water partition coefficient (Wildman–Crippen LogP) is 2.93. The largest absolute Gasteiger partial charge is 0.349 e. The highest BCUT2D eigenvalue weighted by Gasteiger charge is 2.28. The Balaban J connectivity index is 1.49. The summed E-state index contributed by atoms with van der Waals surface area (Å²) in [5.74, 6) is 2.07. The molecule has 0 aliphatic carbocycles. The Hall–Kier alpha value is -2.48. The van der Waals surface area contributed by atoms with E-state index in [9.17, 15) is 4.79 Å². The number of para-hydroxylation sites is 1. The molecule has 0 saturated heterocycles. The number of carbonyl (C=O) groups is 1. The van der Waals surface area contributed by atoms with Gasteiger partial charge in [0.2, 0.25) is 5.91 Å². The fraction of sp³-hybridized carbons (Fsp3) is 0.474. The second-order valence-corrected chi connectivity index (χ2v) is 8.37. The van der Waals surface area contributed by atoms with Crippen molar-refractivity contribution >= 4 is 32.6 Å². The van der Waals surface area contributed by atoms with E-state index in [1.165, 1.54) is 0 Å². The van der Waals surface area contributed by atoms with E-state index in [0.717, 1.165) is 46.4 Å². The number of amides is 1. The minimum absolute atomic E-state index is 0.0413. The molecule has 1 aromatic carbocycles. The van der Waals surface area contributed by atoms with Crippen LogP contribution in [0, 0.1) is 5.92 Å². The fourth-order valence-corrected chi connectivity index (χ4v) is 4.34. The van der Waals surface area contributed by atoms with Gasteiger partial charge in [-0.05, 0) is 24.5 Å². The number of hydrogen-bond acceptors (Lipinski definition) is 6. The summed E-state index contributed by atoms with van der Waals surface area (Å²) in [5, 5.41) is 12.6. The number of aryl methyl sites for hydroxylation is 1. The molecule has 1 aliphatic rings. The quantitative estimate of drug-likeness (QED) is 0.707. The Labute approximate surface area is 162 Å². The number of hydrogen-bond donors (Lipinski definition) is 1. The van der Waals surface area contributed by atoms with Crippen molar-refractivity contribution in [3.05, 3.63) is 35.9 Å². The van der Waals surface area contributed by atoms with Crippen molar-refractivity contribution in [3.8, 4) is 0 Å². The molecule has 142 valence electrons. The average Bonchev–Trinajstić information content (AvgIpc) is 3.35. The fourth-order valence-electron chi connectivity index (χ4n) is 3.44. The Morgan fingerprint density at radius 2 is 2.15 bits per heavy atom. The number of aromatic nitrogens is 4. The molecule has 3 heterocycles. The zero-order valence-electron chi connectivity index (χ0n) is 15.8. The minimum Gasteiger partial charge on any atom is -0.349 e. The summed E-state index contributed by atoms with van der Waals surface area (Å²) in [6.45, 7) is 5.50. The van der Waals surface area contributed by atoms with E-state index in [1.54, 1.807) is 16.2 Å². The highest BCUT2D eigenvalue weighted by atomic mass is 32.1. The maximum absolute atomic E-state index is 13.1. The summed E-state index contributed by atoms with van der Waals surface area (Å²) in [5.41, 5.74) is 0.951. The van der Waals surface area contributed by atoms with Crippen molar-refractivity contribution < 1.29 is 4.79 Å². The van der Waals surface area contributed by atoms with Crippen LogP contribution in [0.15, 0.2) is 24.3 Å². The van der Waals surface area contributed by atoms with Crippen LogP contribution in [0.2, 0.25) is 0 Å². The van der Waals surface area contributed by atoms with Crippen molar-refractivity contribution in [3.63, 3.8) is 0 Å². The van der Waals surface area contributed by atoms with Crippen LogP contribution in [0.1, 0.15) is 31.9 Å². The van der Waals surface area contributed by atoms with Crippen molar-refractivity contribution in [1.29, 1.82) is 0 Å². The second-order valence-electron chi connectivity index (χ2n) is 7.33. The number of nitrogens with one attached hydrogen (secondary N) is 1. The lowest BCUT2D eigenvalue weighted by molar-refractivity contribution is -0.132. The summed E-state index contributed by atoms with van der Waals surface area (Å²) in [6.07, 6.45) is 2.07. The first-order chi connectivity index (χ1) is 13.0. The Kier molecular flexibility index (Phi) is 4.82. The lowest BCUT2D eigenvalue weighted by atomic mass is 10.0. The summed E-state index contributed by atoms with van der Waals surface area (Å²) in [4.78, 5) is 19.5. The van der Waals surface area contributed by atoms with E-state index in [1.807, 2.05) is 45.2 Å². The zero-order chi connectivity index (χ0) is 19.0. The van der Waals surface area contributed by atoms with Gasteiger partial charge < -0.3 is 14.8 Å². The molecule has 0 radical (unpaired) electrons. The van der Waals surface area contributed by atoms with Crippen molar-refractivity contribution in [2.24, 2.45) is 5.92 Å². The van der Waals surface area contributed by atoms with Crippen LogP contribution in [0.25, 0.3) is 10.2 Å². The van der Waals surface area contributed by atoms with Crippen molar-refractivity contribution in [1.82, 2.24) is 24.6 Å². The standard InChI is InChI=1S/C19H24N6OS/c1-12(2)17(21-19-20-13-7-4-5-8-14(13)27-19)18(26)24(3)11-16-23-22-15-9-6-10-25(15)16/h4-5,7-8,12,17H,6,9-11H2,1-3H3,(H,20,21). The molecule has 0 fully saturated rings. The smallest absolute Gasteiger partial charge is 0.245 e. The molecule has 0 bridgehead atoms. The summed E-state index contributed by atoms with van der Waals surface area (Å²) in [7, 11) is 1.83. The SMILES string of the molecule is CC(C)C(Nc1nc2ccccc2s1)C(=O)N(C)Cc1nnc2n1CCC2. The van der Waals surface area contributed by atoms with Crippen LogP contribution in [0.3, 0.4) is 0 Å². The topological polar surface area (TPSA) is 75.9 Å². The predicted molar refractivity (Wildman–Crippen MR) is 107 cm³/mol. The Morgan fingerprint density at radius 3 is 2.93 bits per heavy atom. The van der Waals surface area contributed by atoms with E-state index in [2.05, 4.69) is 25.1 Å². The van der Waals surface area contributed by atoms with E-state index in [-0.39, 0.29) is 17.9 Å². The van der Waals surface area contributed by atoms with Gasteiger partial charge in [0.25, 0.3) is 0 Å². The van der Waals surface area contributed by atoms with Gasteiger partial charge in [-0.15, -0.1) is 10.2 Å². The number of carbonyl (C=O) groups excluding carboxylic acids is 1. The van der Waals surface area contributed by atoms with Gasteiger partial charge in [0.1, 0.15) is 11.9 Å². The highest BCUT2D eigenvalue weighted by Crippen LogP contribution is 2.27. The van der Waals surface area contributed by atoms with Crippen LogP contribution >= 0.6 is 11.3 Å². The van der Waals surface area contributed by atoms with E-state index < -0.39 is 0 Å². The lowest BCUT2D eigenvalue weighted by Gasteiger charge is -2.26. The number of rotatable bonds is 6. The maximum atomic E-state index is 13.1. The molecule has 7 nitrogen and oxygen atoms in total. The summed E-state index contributed by atoms with van der Waals surface area (Å²) < 4.78 is 3.25. The molecular formula is C19H24N6OS. The lowest BCUT2D eigenvalue weighted by Crippen LogP contribution is -2.44. The van der Waals surface area contributed by atoms with Gasteiger partial charge in [0.15, 0.2) is 11.0 Å². The first-order valence-corrected chi connectivity index (χ1v) is 10.1. The summed E-state index contributed by atoms with van der Waals surface area (Å²) in [6, 6.07) is 7.67. The van der Waals surface area contributed by atoms with Gasteiger partial charge in [-0.2, -0.15) is 0 Å². The maximum Gasteiger partial charge on any atom is 0.245 e. The Morgan fingerprint density at radius 1 is 1.33 bits per heavy atom. The van der Waals surface area contributed by atoms with Gasteiger partial charge in [-0.1, -0.05) is 37.3 Å². The molecule has 2 aromatic heterocycles. The van der Waals surface area contributed by atoms with E-state index >= 15 is 0 Å². The average molecular weight is 385 g/mol. The van der Waals surface area contributed by atoms with Gasteiger partial charge in [0.05, 0.1) is 16.8 Å². The molecule has 27 heavy (non-hydrogen) atoms. The normalized spacial score (nSPS) is 14.5. The molecule has 1 aliphatic heterocycles. The Bertz CT molecular complexity index is 929. The monoisotopic (exact) mass is 384 g/mol. The van der Waals surface area contributed by atoms with Crippen molar-refractivity contribution in [2.45, 2.75) is 45.8 Å². The summed E-state index contributed by atoms with van der Waals surface area (Å²) >= 11 is 1.57. The second kappa shape index (κ2) is 7.26. The third-order valence-electron chi connectivity index (χ3n) is 4.95. The van der Waals surface area contributed by atoms with Gasteiger partial charge >= 0.3 is 0 Å². The number of nitrogens with zero attached hydrogens (tertiary/aromatic N) is 5. The van der Waals surface area contributed by atoms with Crippen LogP contribution in [0.5, 0.6) is 0 Å². The number of thiazole rings is 1. The number of fused-ring (bicyclic) bond motifs is 2. The van der Waals surface area contributed by atoms with Gasteiger partial charge in [-0.25, -0.2) is 4.98 Å².